The molecular weight excluding hydrogens is 216 g/mol. The van der Waals surface area contributed by atoms with Gasteiger partial charge in [-0.25, -0.2) is 0 Å². The molecule has 0 saturated carbocycles. The topological polar surface area (TPSA) is 0 Å². The molecular formula is C18H22. The molecule has 0 aliphatic heterocycles. The molecule has 2 rings (SSSR count). The predicted molar refractivity (Wildman–Crippen MR) is 79.1 cm³/mol. The number of aryl methyl sites for hydroxylation is 3. The zero-order valence-electron chi connectivity index (χ0n) is 11.6. The lowest BCUT2D eigenvalue weighted by Crippen LogP contribution is -1.99. The Morgan fingerprint density at radius 3 is 2.11 bits per heavy atom. The summed E-state index contributed by atoms with van der Waals surface area (Å²) in [5.74, 6) is 0.630. The third kappa shape index (κ3) is 3.01. The van der Waals surface area contributed by atoms with Crippen LogP contribution < -0.4 is 0 Å². The normalized spacial score (nSPS) is 12.4. The average Bonchev–Trinajstić information content (AvgIpc) is 2.38. The highest BCUT2D eigenvalue weighted by Gasteiger charge is 2.08. The van der Waals surface area contributed by atoms with Gasteiger partial charge in [-0.3, -0.25) is 0 Å². The Bertz CT molecular complexity index is 511. The Morgan fingerprint density at radius 2 is 1.44 bits per heavy atom. The first-order valence-corrected chi connectivity index (χ1v) is 6.78. The van der Waals surface area contributed by atoms with Crippen LogP contribution in [0.15, 0.2) is 48.5 Å². The van der Waals surface area contributed by atoms with Gasteiger partial charge in [0.1, 0.15) is 0 Å². The molecule has 0 N–H and O–H groups in total. The summed E-state index contributed by atoms with van der Waals surface area (Å²) in [6.45, 7) is 6.74. The average molecular weight is 238 g/mol. The SMILES string of the molecule is Cc1ccccc1CCC(C)c1ccccc1C. The molecule has 0 aromatic heterocycles. The molecule has 0 spiro atoms. The predicted octanol–water partition coefficient (Wildman–Crippen LogP) is 5.04. The van der Waals surface area contributed by atoms with Crippen molar-refractivity contribution in [3.63, 3.8) is 0 Å². The van der Waals surface area contributed by atoms with Crippen LogP contribution in [0.25, 0.3) is 0 Å². The van der Waals surface area contributed by atoms with Crippen LogP contribution in [0, 0.1) is 13.8 Å². The summed E-state index contributed by atoms with van der Waals surface area (Å²) >= 11 is 0. The lowest BCUT2D eigenvalue weighted by molar-refractivity contribution is 0.674. The van der Waals surface area contributed by atoms with E-state index < -0.39 is 0 Å². The van der Waals surface area contributed by atoms with Crippen LogP contribution in [0.5, 0.6) is 0 Å². The zero-order chi connectivity index (χ0) is 13.0. The number of benzene rings is 2. The second-order valence-electron chi connectivity index (χ2n) is 5.22. The summed E-state index contributed by atoms with van der Waals surface area (Å²) in [7, 11) is 0. The van der Waals surface area contributed by atoms with E-state index in [9.17, 15) is 0 Å². The number of hydrogen-bond donors (Lipinski definition) is 0. The van der Waals surface area contributed by atoms with Gasteiger partial charge < -0.3 is 0 Å². The van der Waals surface area contributed by atoms with Crippen LogP contribution in [-0.2, 0) is 6.42 Å². The molecule has 0 fully saturated rings. The molecule has 0 heterocycles. The zero-order valence-corrected chi connectivity index (χ0v) is 11.6. The van der Waals surface area contributed by atoms with Crippen LogP contribution in [0.3, 0.4) is 0 Å². The fourth-order valence-electron chi connectivity index (χ4n) is 2.56. The second kappa shape index (κ2) is 5.86. The summed E-state index contributed by atoms with van der Waals surface area (Å²) in [6, 6.07) is 17.4. The minimum Gasteiger partial charge on any atom is -0.0620 e. The highest BCUT2D eigenvalue weighted by atomic mass is 14.1. The van der Waals surface area contributed by atoms with Crippen molar-refractivity contribution in [1.82, 2.24) is 0 Å². The van der Waals surface area contributed by atoms with Crippen LogP contribution in [0.1, 0.15) is 41.5 Å². The maximum absolute atomic E-state index is 2.33. The molecule has 18 heavy (non-hydrogen) atoms. The summed E-state index contributed by atoms with van der Waals surface area (Å²) in [6.07, 6.45) is 2.39. The molecule has 0 bridgehead atoms. The Kier molecular flexibility index (Phi) is 4.19. The number of hydrogen-bond acceptors (Lipinski definition) is 0. The fraction of sp³-hybridized carbons (Fsp3) is 0.333. The Balaban J connectivity index is 2.03. The van der Waals surface area contributed by atoms with E-state index in [1.807, 2.05) is 0 Å². The Hall–Kier alpha value is -1.56. The van der Waals surface area contributed by atoms with Crippen molar-refractivity contribution >= 4 is 0 Å². The van der Waals surface area contributed by atoms with Crippen LogP contribution >= 0.6 is 0 Å². The largest absolute Gasteiger partial charge is 0.0620 e. The van der Waals surface area contributed by atoms with Gasteiger partial charge in [0, 0.05) is 0 Å². The minimum atomic E-state index is 0.630. The summed E-state index contributed by atoms with van der Waals surface area (Å²) in [5.41, 5.74) is 5.80. The van der Waals surface area contributed by atoms with Crippen molar-refractivity contribution in [2.45, 2.75) is 39.5 Å². The van der Waals surface area contributed by atoms with Crippen molar-refractivity contribution in [1.29, 1.82) is 0 Å². The van der Waals surface area contributed by atoms with Crippen LogP contribution in [-0.4, -0.2) is 0 Å². The summed E-state index contributed by atoms with van der Waals surface area (Å²) in [4.78, 5) is 0. The first-order valence-electron chi connectivity index (χ1n) is 6.78. The third-order valence-corrected chi connectivity index (χ3v) is 3.83. The van der Waals surface area contributed by atoms with Crippen LogP contribution in [0.4, 0.5) is 0 Å². The molecule has 2 aromatic rings. The van der Waals surface area contributed by atoms with E-state index in [-0.39, 0.29) is 0 Å². The molecule has 94 valence electrons. The first-order chi connectivity index (χ1) is 8.68. The van der Waals surface area contributed by atoms with Gasteiger partial charge in [-0.05, 0) is 54.9 Å². The van der Waals surface area contributed by atoms with Crippen molar-refractivity contribution in [3.8, 4) is 0 Å². The van der Waals surface area contributed by atoms with Gasteiger partial charge in [0.2, 0.25) is 0 Å². The molecule has 0 heteroatoms. The van der Waals surface area contributed by atoms with Crippen molar-refractivity contribution < 1.29 is 0 Å². The third-order valence-electron chi connectivity index (χ3n) is 3.83. The fourth-order valence-corrected chi connectivity index (χ4v) is 2.56. The Labute approximate surface area is 111 Å². The Morgan fingerprint density at radius 1 is 0.833 bits per heavy atom. The maximum Gasteiger partial charge on any atom is -0.0185 e. The van der Waals surface area contributed by atoms with Gasteiger partial charge in [0.15, 0.2) is 0 Å². The van der Waals surface area contributed by atoms with Gasteiger partial charge in [-0.15, -0.1) is 0 Å². The van der Waals surface area contributed by atoms with Gasteiger partial charge in [0.25, 0.3) is 0 Å². The van der Waals surface area contributed by atoms with Crippen molar-refractivity contribution in [3.05, 3.63) is 70.8 Å². The standard InChI is InChI=1S/C18H22/c1-14-8-4-6-10-17(14)13-12-16(3)18-11-7-5-9-15(18)2/h4-11,16H,12-13H2,1-3H3. The van der Waals surface area contributed by atoms with Crippen molar-refractivity contribution in [2.24, 2.45) is 0 Å². The first kappa shape index (κ1) is 12.9. The molecule has 0 amide bonds. The molecule has 0 nitrogen and oxygen atoms in total. The van der Waals surface area contributed by atoms with Gasteiger partial charge >= 0.3 is 0 Å². The van der Waals surface area contributed by atoms with Gasteiger partial charge in [-0.2, -0.15) is 0 Å². The molecule has 2 aromatic carbocycles. The van der Waals surface area contributed by atoms with E-state index in [1.165, 1.54) is 35.1 Å². The van der Waals surface area contributed by atoms with E-state index in [0.717, 1.165) is 0 Å². The lowest BCUT2D eigenvalue weighted by atomic mass is 9.90. The quantitative estimate of drug-likeness (QED) is 0.700. The summed E-state index contributed by atoms with van der Waals surface area (Å²) in [5, 5.41) is 0. The minimum absolute atomic E-state index is 0.630. The van der Waals surface area contributed by atoms with E-state index in [0.29, 0.717) is 5.92 Å². The molecule has 0 aliphatic carbocycles. The van der Waals surface area contributed by atoms with Gasteiger partial charge in [0.05, 0.1) is 0 Å². The van der Waals surface area contributed by atoms with Crippen molar-refractivity contribution in [2.75, 3.05) is 0 Å². The molecule has 1 unspecified atom stereocenters. The van der Waals surface area contributed by atoms with E-state index in [2.05, 4.69) is 69.3 Å². The lowest BCUT2D eigenvalue weighted by Gasteiger charge is -2.15. The highest BCUT2D eigenvalue weighted by Crippen LogP contribution is 2.24. The molecule has 1 atom stereocenters. The molecule has 0 radical (unpaired) electrons. The number of rotatable bonds is 4. The summed E-state index contributed by atoms with van der Waals surface area (Å²) < 4.78 is 0. The van der Waals surface area contributed by atoms with E-state index in [4.69, 9.17) is 0 Å². The van der Waals surface area contributed by atoms with E-state index >= 15 is 0 Å². The molecule has 0 saturated heterocycles. The van der Waals surface area contributed by atoms with Gasteiger partial charge in [-0.1, -0.05) is 55.5 Å². The second-order valence-corrected chi connectivity index (χ2v) is 5.22. The monoisotopic (exact) mass is 238 g/mol. The van der Waals surface area contributed by atoms with Crippen LogP contribution in [0.2, 0.25) is 0 Å². The molecule has 0 aliphatic rings. The highest BCUT2D eigenvalue weighted by molar-refractivity contribution is 5.30. The maximum atomic E-state index is 2.33. The van der Waals surface area contributed by atoms with E-state index in [1.54, 1.807) is 0 Å². The smallest absolute Gasteiger partial charge is 0.0185 e.